The molecule has 0 aromatic heterocycles. The molecular weight excluding hydrogens is 540 g/mol. The highest BCUT2D eigenvalue weighted by Gasteiger charge is 2.54. The Hall–Kier alpha value is -3.75. The van der Waals surface area contributed by atoms with Crippen LogP contribution in [0.5, 0.6) is 0 Å². The van der Waals surface area contributed by atoms with Crippen LogP contribution in [0.1, 0.15) is 22.8 Å². The molecule has 2 amide bonds. The fraction of sp³-hybridized carbons (Fsp3) is 0.219. The van der Waals surface area contributed by atoms with E-state index in [1.54, 1.807) is 23.5 Å². The molecule has 0 saturated carbocycles. The molecule has 2 aliphatic rings. The van der Waals surface area contributed by atoms with Crippen LogP contribution in [0.2, 0.25) is 0 Å². The highest BCUT2D eigenvalue weighted by atomic mass is 32.2. The van der Waals surface area contributed by atoms with Crippen molar-refractivity contribution in [2.45, 2.75) is 23.9 Å². The van der Waals surface area contributed by atoms with E-state index in [0.717, 1.165) is 28.0 Å². The van der Waals surface area contributed by atoms with Crippen molar-refractivity contribution in [3.63, 3.8) is 0 Å². The van der Waals surface area contributed by atoms with E-state index in [2.05, 4.69) is 11.9 Å². The van der Waals surface area contributed by atoms with Crippen LogP contribution in [0, 0.1) is 0 Å². The van der Waals surface area contributed by atoms with E-state index in [1.807, 2.05) is 97.1 Å². The summed E-state index contributed by atoms with van der Waals surface area (Å²) in [7, 11) is 0. The van der Waals surface area contributed by atoms with E-state index in [4.69, 9.17) is 4.74 Å². The van der Waals surface area contributed by atoms with Gasteiger partial charge in [-0.15, -0.1) is 18.3 Å². The number of nitrogens with one attached hydrogen (secondary N) is 1. The summed E-state index contributed by atoms with van der Waals surface area (Å²) in [5, 5.41) is 2.52. The van der Waals surface area contributed by atoms with Crippen LogP contribution >= 0.6 is 23.5 Å². The number of esters is 1. The van der Waals surface area contributed by atoms with Gasteiger partial charge in [0.05, 0.1) is 6.42 Å². The zero-order chi connectivity index (χ0) is 27.9. The molecule has 3 aromatic rings. The fourth-order valence-corrected chi connectivity index (χ4v) is 7.05. The summed E-state index contributed by atoms with van der Waals surface area (Å²) in [6.45, 7) is 3.78. The molecule has 0 radical (unpaired) electrons. The number of thioether (sulfide) groups is 2. The molecule has 1 N–H and O–H groups in total. The first-order chi connectivity index (χ1) is 19.6. The molecule has 8 heteroatoms. The minimum Gasteiger partial charge on any atom is -0.448 e. The molecule has 2 heterocycles. The quantitative estimate of drug-likeness (QED) is 0.149. The first-order valence-electron chi connectivity index (χ1n) is 13.1. The maximum atomic E-state index is 13.9. The van der Waals surface area contributed by atoms with E-state index in [9.17, 15) is 14.4 Å². The summed E-state index contributed by atoms with van der Waals surface area (Å²) >= 11 is 3.19. The van der Waals surface area contributed by atoms with Crippen LogP contribution in [-0.2, 0) is 25.5 Å². The SMILES string of the molecule is C=CCSCC1=C(C(=O)OC(c2ccccc2)c2ccccc2)N2C(=O)C(NC(=O)Cc3ccccc3)[C@H]2SC1. The Bertz CT molecular complexity index is 1360. The Balaban J connectivity index is 1.38. The fourth-order valence-electron chi connectivity index (χ4n) is 4.80. The van der Waals surface area contributed by atoms with Crippen molar-refractivity contribution in [1.82, 2.24) is 10.2 Å². The van der Waals surface area contributed by atoms with Gasteiger partial charge in [-0.05, 0) is 22.3 Å². The van der Waals surface area contributed by atoms with Crippen LogP contribution in [0.3, 0.4) is 0 Å². The lowest BCUT2D eigenvalue weighted by atomic mass is 10.0. The average Bonchev–Trinajstić information content (AvgIpc) is 2.99. The Morgan fingerprint density at radius 1 is 1.00 bits per heavy atom. The lowest BCUT2D eigenvalue weighted by Gasteiger charge is -2.50. The van der Waals surface area contributed by atoms with Crippen molar-refractivity contribution in [3.8, 4) is 0 Å². The van der Waals surface area contributed by atoms with E-state index in [1.165, 1.54) is 4.90 Å². The number of hydrogen-bond acceptors (Lipinski definition) is 6. The molecule has 2 aliphatic heterocycles. The molecule has 0 spiro atoms. The standard InChI is InChI=1S/C32H30N2O4S2/c1-2-18-39-20-25-21-40-31-27(33-26(35)19-22-12-6-3-7-13-22)30(36)34(31)28(25)32(37)38-29(23-14-8-4-9-15-23)24-16-10-5-11-17-24/h2-17,27,29,31H,1,18-21H2,(H,33,35)/t27?,31-/m1/s1. The van der Waals surface area contributed by atoms with Gasteiger partial charge >= 0.3 is 5.97 Å². The van der Waals surface area contributed by atoms with Crippen molar-refractivity contribution in [2.75, 3.05) is 17.3 Å². The first-order valence-corrected chi connectivity index (χ1v) is 15.3. The highest BCUT2D eigenvalue weighted by molar-refractivity contribution is 8.01. The minimum absolute atomic E-state index is 0.187. The zero-order valence-electron chi connectivity index (χ0n) is 21.9. The molecule has 5 rings (SSSR count). The van der Waals surface area contributed by atoms with Crippen molar-refractivity contribution in [2.24, 2.45) is 0 Å². The van der Waals surface area contributed by atoms with E-state index in [-0.39, 0.29) is 29.3 Å². The number of rotatable bonds is 11. The van der Waals surface area contributed by atoms with Gasteiger partial charge in [0.15, 0.2) is 6.10 Å². The van der Waals surface area contributed by atoms with Gasteiger partial charge in [0, 0.05) is 17.3 Å². The predicted octanol–water partition coefficient (Wildman–Crippen LogP) is 5.14. The summed E-state index contributed by atoms with van der Waals surface area (Å²) in [6.07, 6.45) is 1.37. The molecular formula is C32H30N2O4S2. The number of carbonyl (C=O) groups is 3. The van der Waals surface area contributed by atoms with Gasteiger partial charge in [0.1, 0.15) is 17.1 Å². The normalized spacial score (nSPS) is 18.1. The van der Waals surface area contributed by atoms with Crippen molar-refractivity contribution in [3.05, 3.63) is 132 Å². The summed E-state index contributed by atoms with van der Waals surface area (Å²) in [4.78, 5) is 41.6. The molecule has 6 nitrogen and oxygen atoms in total. The number of carbonyl (C=O) groups excluding carboxylic acids is 3. The average molecular weight is 571 g/mol. The van der Waals surface area contributed by atoms with Crippen LogP contribution in [0.15, 0.2) is 115 Å². The third kappa shape index (κ3) is 6.18. The number of nitrogens with zero attached hydrogens (tertiary/aromatic N) is 1. The van der Waals surface area contributed by atoms with E-state index >= 15 is 0 Å². The second-order valence-corrected chi connectivity index (χ2v) is 11.6. The number of hydrogen-bond donors (Lipinski definition) is 1. The number of benzene rings is 3. The van der Waals surface area contributed by atoms with Crippen LogP contribution in [-0.4, -0.2) is 51.4 Å². The van der Waals surface area contributed by atoms with Crippen LogP contribution in [0.4, 0.5) is 0 Å². The molecule has 1 saturated heterocycles. The lowest BCUT2D eigenvalue weighted by molar-refractivity contribution is -0.154. The molecule has 3 aromatic carbocycles. The molecule has 0 bridgehead atoms. The summed E-state index contributed by atoms with van der Waals surface area (Å²) in [6, 6.07) is 27.9. The summed E-state index contributed by atoms with van der Waals surface area (Å²) in [5.41, 5.74) is 3.69. The molecule has 204 valence electrons. The third-order valence-corrected chi connectivity index (χ3v) is 9.07. The number of ether oxygens (including phenoxy) is 1. The maximum absolute atomic E-state index is 13.9. The van der Waals surface area contributed by atoms with Crippen LogP contribution < -0.4 is 5.32 Å². The molecule has 2 atom stereocenters. The molecule has 1 fully saturated rings. The molecule has 0 aliphatic carbocycles. The topological polar surface area (TPSA) is 75.7 Å². The smallest absolute Gasteiger partial charge is 0.356 e. The minimum atomic E-state index is -0.689. The van der Waals surface area contributed by atoms with E-state index < -0.39 is 18.1 Å². The summed E-state index contributed by atoms with van der Waals surface area (Å²) < 4.78 is 6.18. The monoisotopic (exact) mass is 570 g/mol. The Labute approximate surface area is 242 Å². The Morgan fingerprint density at radius 3 is 2.20 bits per heavy atom. The molecule has 40 heavy (non-hydrogen) atoms. The predicted molar refractivity (Wildman–Crippen MR) is 161 cm³/mol. The van der Waals surface area contributed by atoms with Gasteiger partial charge in [-0.2, -0.15) is 11.8 Å². The largest absolute Gasteiger partial charge is 0.448 e. The maximum Gasteiger partial charge on any atom is 0.356 e. The van der Waals surface area contributed by atoms with Gasteiger partial charge in [-0.25, -0.2) is 4.79 Å². The van der Waals surface area contributed by atoms with Crippen molar-refractivity contribution in [1.29, 1.82) is 0 Å². The van der Waals surface area contributed by atoms with Gasteiger partial charge in [-0.3, -0.25) is 14.5 Å². The first kappa shape index (κ1) is 27.8. The van der Waals surface area contributed by atoms with Gasteiger partial charge < -0.3 is 10.1 Å². The number of amides is 2. The Kier molecular flexibility index (Phi) is 9.08. The zero-order valence-corrected chi connectivity index (χ0v) is 23.5. The van der Waals surface area contributed by atoms with Gasteiger partial charge in [0.2, 0.25) is 5.91 Å². The van der Waals surface area contributed by atoms with Crippen LogP contribution in [0.25, 0.3) is 0 Å². The Morgan fingerprint density at radius 2 is 1.60 bits per heavy atom. The number of β-lactam (4-membered cyclic amide) rings is 1. The number of fused-ring (bicyclic) bond motifs is 1. The highest BCUT2D eigenvalue weighted by Crippen LogP contribution is 2.42. The molecule has 1 unspecified atom stereocenters. The lowest BCUT2D eigenvalue weighted by Crippen LogP contribution is -2.70. The van der Waals surface area contributed by atoms with E-state index in [0.29, 0.717) is 11.5 Å². The summed E-state index contributed by atoms with van der Waals surface area (Å²) in [5.74, 6) is 0.801. The van der Waals surface area contributed by atoms with Crippen molar-refractivity contribution >= 4 is 41.3 Å². The third-order valence-electron chi connectivity index (χ3n) is 6.71. The van der Waals surface area contributed by atoms with Gasteiger partial charge in [-0.1, -0.05) is 97.1 Å². The van der Waals surface area contributed by atoms with Gasteiger partial charge in [0.25, 0.3) is 5.91 Å². The second-order valence-electron chi connectivity index (χ2n) is 9.48. The second kappa shape index (κ2) is 13.1. The van der Waals surface area contributed by atoms with Crippen molar-refractivity contribution < 1.29 is 19.1 Å².